The van der Waals surface area contributed by atoms with Crippen molar-refractivity contribution in [2.24, 2.45) is 17.8 Å². The largest absolute Gasteiger partial charge is 0.490 e. The van der Waals surface area contributed by atoms with Crippen molar-refractivity contribution >= 4 is 44.6 Å². The number of ketones is 1. The fourth-order valence-corrected chi connectivity index (χ4v) is 10.8. The number of nitrogens with one attached hydrogen (secondary N) is 1. The number of amides is 1. The normalized spacial score (nSPS) is 32.4. The molecule has 3 aromatic rings. The minimum Gasteiger partial charge on any atom is -0.490 e. The molecule has 1 fully saturated rings. The van der Waals surface area contributed by atoms with Crippen LogP contribution in [0.4, 0.5) is 5.69 Å². The summed E-state index contributed by atoms with van der Waals surface area (Å²) in [6.45, 7) is 5.66. The number of Topliss-reactive ketones (excluding diaryl/α,β-unsaturated/α-hetero) is 1. The quantitative estimate of drug-likeness (QED) is 0.308. The zero-order valence-electron chi connectivity index (χ0n) is 29.6. The van der Waals surface area contributed by atoms with Crippen molar-refractivity contribution in [3.8, 4) is 5.75 Å². The Bertz CT molecular complexity index is 1910. The lowest BCUT2D eigenvalue weighted by molar-refractivity contribution is -0.134. The second kappa shape index (κ2) is 14.2. The van der Waals surface area contributed by atoms with Gasteiger partial charge in [-0.25, -0.2) is 14.2 Å². The van der Waals surface area contributed by atoms with Gasteiger partial charge in [0.25, 0.3) is 5.91 Å². The molecular weight excluding hydrogens is 684 g/mol. The molecule has 0 radical (unpaired) electrons. The molecule has 11 heteroatoms. The molecule has 272 valence electrons. The summed E-state index contributed by atoms with van der Waals surface area (Å²) < 4.78 is 23.4. The number of hydrogen-bond donors (Lipinski definition) is 2. The summed E-state index contributed by atoms with van der Waals surface area (Å²) in [7, 11) is -3.01. The third kappa shape index (κ3) is 7.29. The first kappa shape index (κ1) is 35.9. The minimum atomic E-state index is -3.01. The molecule has 0 saturated heterocycles. The van der Waals surface area contributed by atoms with Crippen molar-refractivity contribution in [3.63, 3.8) is 0 Å². The number of aromatic nitrogens is 2. The molecule has 2 aliphatic heterocycles. The number of rotatable bonds is 4. The number of ether oxygens (including phenoxy) is 1. The van der Waals surface area contributed by atoms with E-state index in [2.05, 4.69) is 37.6 Å². The number of hydrogen-bond acceptors (Lipinski definition) is 8. The SMILES string of the molecule is C=S1(=O)NC(=O)c2ccc3c(c2)N(C[C@@H]2CC[C@H]2[C@@](O)(CC(=O)Cc2ccncn2)CCC[C@H](C)[C@H]1C)C[C@@]1(CCCc2cc(Cl)ccc21)CO3. The Labute approximate surface area is 306 Å². The lowest BCUT2D eigenvalue weighted by Gasteiger charge is -2.50. The first-order chi connectivity index (χ1) is 24.4. The van der Waals surface area contributed by atoms with Gasteiger partial charge in [-0.1, -0.05) is 31.0 Å². The summed E-state index contributed by atoms with van der Waals surface area (Å²) in [6.07, 6.45) is 9.69. The summed E-state index contributed by atoms with van der Waals surface area (Å²) in [5.41, 5.74) is 2.82. The number of carbonyl (C=O) groups excluding carboxylic acids is 2. The van der Waals surface area contributed by atoms with Gasteiger partial charge < -0.3 is 14.7 Å². The van der Waals surface area contributed by atoms with Gasteiger partial charge in [0, 0.05) is 53.4 Å². The average Bonchev–Trinajstić information content (AvgIpc) is 3.22. The lowest BCUT2D eigenvalue weighted by Crippen LogP contribution is -2.53. The highest BCUT2D eigenvalue weighted by Gasteiger charge is 2.49. The minimum absolute atomic E-state index is 0.0401. The van der Waals surface area contributed by atoms with E-state index in [1.807, 2.05) is 32.0 Å². The molecule has 7 rings (SSSR count). The van der Waals surface area contributed by atoms with Gasteiger partial charge in [0.1, 0.15) is 17.9 Å². The smallest absolute Gasteiger partial charge is 0.262 e. The summed E-state index contributed by atoms with van der Waals surface area (Å²) in [5, 5.41) is 12.9. The van der Waals surface area contributed by atoms with Gasteiger partial charge >= 0.3 is 0 Å². The van der Waals surface area contributed by atoms with Gasteiger partial charge in [0.2, 0.25) is 0 Å². The molecule has 1 saturated carbocycles. The maximum Gasteiger partial charge on any atom is 0.262 e. The van der Waals surface area contributed by atoms with Gasteiger partial charge in [-0.05, 0) is 123 Å². The first-order valence-electron chi connectivity index (χ1n) is 18.3. The van der Waals surface area contributed by atoms with Gasteiger partial charge in [0.05, 0.1) is 33.3 Å². The van der Waals surface area contributed by atoms with Crippen molar-refractivity contribution in [3.05, 3.63) is 82.4 Å². The van der Waals surface area contributed by atoms with E-state index in [1.54, 1.807) is 18.3 Å². The van der Waals surface area contributed by atoms with E-state index in [-0.39, 0.29) is 41.8 Å². The highest BCUT2D eigenvalue weighted by atomic mass is 35.5. The average molecular weight is 733 g/mol. The lowest BCUT2D eigenvalue weighted by atomic mass is 9.61. The molecule has 2 aliphatic carbocycles. The highest BCUT2D eigenvalue weighted by molar-refractivity contribution is 7.99. The second-order valence-corrected chi connectivity index (χ2v) is 18.5. The van der Waals surface area contributed by atoms with E-state index in [0.717, 1.165) is 42.8 Å². The van der Waals surface area contributed by atoms with E-state index >= 15 is 0 Å². The molecule has 3 heterocycles. The van der Waals surface area contributed by atoms with Crippen molar-refractivity contribution in [2.45, 2.75) is 94.3 Å². The zero-order valence-corrected chi connectivity index (χ0v) is 31.2. The molecule has 1 spiro atoms. The number of fused-ring (bicyclic) bond motifs is 4. The number of aliphatic hydroxyl groups is 1. The van der Waals surface area contributed by atoms with Crippen LogP contribution < -0.4 is 14.4 Å². The Hall–Kier alpha value is -3.47. The van der Waals surface area contributed by atoms with Gasteiger partial charge in [0.15, 0.2) is 0 Å². The van der Waals surface area contributed by atoms with E-state index in [1.165, 1.54) is 17.5 Å². The molecule has 1 unspecified atom stereocenters. The van der Waals surface area contributed by atoms with E-state index in [0.29, 0.717) is 56.0 Å². The van der Waals surface area contributed by atoms with Gasteiger partial charge in [-0.3, -0.25) is 14.3 Å². The van der Waals surface area contributed by atoms with Gasteiger partial charge in [-0.15, -0.1) is 0 Å². The summed E-state index contributed by atoms with van der Waals surface area (Å²) >= 11 is 6.46. The zero-order chi connectivity index (χ0) is 36.0. The van der Waals surface area contributed by atoms with E-state index in [9.17, 15) is 18.9 Å². The maximum absolute atomic E-state index is 13.9. The standard InChI is InChI=1S/C40H49ClN4O5S/c1-26-6-4-16-40(48,21-33(46)20-32-14-17-42-25-43-32)35-11-8-30(35)22-45-23-39(15-5-7-28-18-31(41)10-12-34(28)39)24-50-37-13-9-29(19-36(37)45)38(47)44-51(3,49)27(26)2/h9-10,12-14,17-19,25-27,30,35,48H,3-8,11,15-16,20-24H2,1-2H3,(H,44,47,49)/t26-,27+,30-,35+,39-,40-,51?/m0/s1. The monoisotopic (exact) mass is 732 g/mol. The maximum atomic E-state index is 13.9. The summed E-state index contributed by atoms with van der Waals surface area (Å²) in [4.78, 5) is 37.9. The predicted molar refractivity (Wildman–Crippen MR) is 202 cm³/mol. The molecule has 9 nitrogen and oxygen atoms in total. The third-order valence-corrected chi connectivity index (χ3v) is 14.8. The fourth-order valence-electron chi connectivity index (χ4n) is 9.12. The summed E-state index contributed by atoms with van der Waals surface area (Å²) in [6, 6.07) is 13.4. The topological polar surface area (TPSA) is 122 Å². The van der Waals surface area contributed by atoms with Crippen LogP contribution in [0, 0.1) is 17.8 Å². The number of benzene rings is 2. The number of aryl methyl sites for hydroxylation is 1. The Balaban J connectivity index is 1.27. The van der Waals surface area contributed by atoms with E-state index in [4.69, 9.17) is 16.3 Å². The van der Waals surface area contributed by atoms with Crippen LogP contribution in [0.2, 0.25) is 5.02 Å². The van der Waals surface area contributed by atoms with Crippen molar-refractivity contribution < 1.29 is 23.6 Å². The number of carbonyl (C=O) groups is 2. The Kier molecular flexibility index (Phi) is 9.97. The van der Waals surface area contributed by atoms with Crippen molar-refractivity contribution in [1.82, 2.24) is 14.7 Å². The van der Waals surface area contributed by atoms with Crippen LogP contribution in [0.1, 0.15) is 92.4 Å². The molecule has 1 aromatic heterocycles. The van der Waals surface area contributed by atoms with Crippen molar-refractivity contribution in [1.29, 1.82) is 0 Å². The molecular formula is C40H49ClN4O5S. The van der Waals surface area contributed by atoms with Crippen LogP contribution in [-0.2, 0) is 32.8 Å². The van der Waals surface area contributed by atoms with Crippen LogP contribution in [0.25, 0.3) is 0 Å². The number of nitrogens with zero attached hydrogens (tertiary/aromatic N) is 3. The van der Waals surface area contributed by atoms with Crippen LogP contribution in [0.15, 0.2) is 55.0 Å². The Morgan fingerprint density at radius 1 is 1.14 bits per heavy atom. The molecule has 51 heavy (non-hydrogen) atoms. The Morgan fingerprint density at radius 2 is 1.98 bits per heavy atom. The van der Waals surface area contributed by atoms with E-state index < -0.39 is 26.5 Å². The van der Waals surface area contributed by atoms with Crippen LogP contribution in [0.5, 0.6) is 5.75 Å². The van der Waals surface area contributed by atoms with Gasteiger partial charge in [-0.2, -0.15) is 0 Å². The first-order valence-corrected chi connectivity index (χ1v) is 20.5. The molecule has 1 amide bonds. The molecule has 7 atom stereocenters. The Morgan fingerprint density at radius 3 is 2.75 bits per heavy atom. The number of anilines is 1. The predicted octanol–water partition coefficient (Wildman–Crippen LogP) is 6.13. The highest BCUT2D eigenvalue weighted by Crippen LogP contribution is 2.50. The third-order valence-electron chi connectivity index (χ3n) is 12.3. The molecule has 2 N–H and O–H groups in total. The van der Waals surface area contributed by atoms with Crippen molar-refractivity contribution in [2.75, 3.05) is 24.6 Å². The second-order valence-electron chi connectivity index (χ2n) is 15.7. The van der Waals surface area contributed by atoms with Crippen LogP contribution >= 0.6 is 11.6 Å². The molecule has 2 aromatic carbocycles. The summed E-state index contributed by atoms with van der Waals surface area (Å²) in [5.74, 6) is 4.22. The fraction of sp³-hybridized carbons (Fsp3) is 0.525. The number of halogens is 1. The molecule has 2 bridgehead atoms. The van der Waals surface area contributed by atoms with Crippen LogP contribution in [-0.4, -0.2) is 67.4 Å². The molecule has 4 aliphatic rings. The van der Waals surface area contributed by atoms with Crippen LogP contribution in [0.3, 0.4) is 0 Å².